The maximum Gasteiger partial charge on any atom is 0.344 e. The van der Waals surface area contributed by atoms with Crippen LogP contribution in [0.3, 0.4) is 0 Å². The quantitative estimate of drug-likeness (QED) is 0.410. The van der Waals surface area contributed by atoms with Gasteiger partial charge in [0.05, 0.1) is 17.6 Å². The van der Waals surface area contributed by atoms with Gasteiger partial charge in [-0.3, -0.25) is 4.57 Å². The summed E-state index contributed by atoms with van der Waals surface area (Å²) in [6.45, 7) is 2.31. The number of aromatic nitrogens is 3. The van der Waals surface area contributed by atoms with Crippen LogP contribution in [-0.4, -0.2) is 27.3 Å². The minimum atomic E-state index is -0.483. The number of ether oxygens (including phenoxy) is 1. The lowest BCUT2D eigenvalue weighted by molar-refractivity contribution is 0.0495. The molecule has 28 heavy (non-hydrogen) atoms. The molecule has 1 N–H and O–H groups in total. The Balaban J connectivity index is 1.42. The van der Waals surface area contributed by atoms with E-state index in [-0.39, 0.29) is 12.3 Å². The van der Waals surface area contributed by atoms with E-state index in [1.807, 2.05) is 54.6 Å². The van der Waals surface area contributed by atoms with E-state index < -0.39 is 5.97 Å². The van der Waals surface area contributed by atoms with Crippen LogP contribution in [0.15, 0.2) is 63.9 Å². The molecule has 7 nitrogen and oxygen atoms in total. The number of aromatic amines is 1. The van der Waals surface area contributed by atoms with Crippen molar-refractivity contribution in [3.8, 4) is 11.3 Å². The topological polar surface area (TPSA) is 90.1 Å². The predicted molar refractivity (Wildman–Crippen MR) is 104 cm³/mol. The number of imidazole rings is 1. The molecular weight excluding hydrogens is 358 g/mol. The SMILES string of the molecule is Cc1onc(-c2ccccc2)c1C(=O)OCCCn1c(=O)[nH]c2ccccc21. The number of hydrogen-bond acceptors (Lipinski definition) is 5. The molecule has 0 fully saturated rings. The molecule has 2 heterocycles. The summed E-state index contributed by atoms with van der Waals surface area (Å²) in [6, 6.07) is 16.8. The third kappa shape index (κ3) is 3.34. The first-order valence-electron chi connectivity index (χ1n) is 9.01. The molecule has 142 valence electrons. The second kappa shape index (κ2) is 7.56. The van der Waals surface area contributed by atoms with Crippen molar-refractivity contribution < 1.29 is 14.1 Å². The van der Waals surface area contributed by atoms with Gasteiger partial charge in [0.25, 0.3) is 0 Å². The number of aryl methyl sites for hydroxylation is 2. The first-order chi connectivity index (χ1) is 13.6. The van der Waals surface area contributed by atoms with Crippen molar-refractivity contribution >= 4 is 17.0 Å². The number of hydrogen-bond donors (Lipinski definition) is 1. The minimum Gasteiger partial charge on any atom is -0.462 e. The van der Waals surface area contributed by atoms with E-state index in [0.717, 1.165) is 16.6 Å². The fourth-order valence-electron chi connectivity index (χ4n) is 3.19. The van der Waals surface area contributed by atoms with Gasteiger partial charge in [0.2, 0.25) is 0 Å². The van der Waals surface area contributed by atoms with E-state index >= 15 is 0 Å². The first kappa shape index (κ1) is 17.8. The summed E-state index contributed by atoms with van der Waals surface area (Å²) in [5.74, 6) is -0.0689. The van der Waals surface area contributed by atoms with E-state index in [0.29, 0.717) is 30.0 Å². The van der Waals surface area contributed by atoms with Crippen molar-refractivity contribution in [2.45, 2.75) is 19.9 Å². The molecule has 0 bridgehead atoms. The maximum absolute atomic E-state index is 12.6. The summed E-state index contributed by atoms with van der Waals surface area (Å²) in [7, 11) is 0. The number of esters is 1. The van der Waals surface area contributed by atoms with Crippen LogP contribution in [0, 0.1) is 6.92 Å². The second-order valence-corrected chi connectivity index (χ2v) is 6.42. The highest BCUT2D eigenvalue weighted by atomic mass is 16.5. The molecule has 4 aromatic rings. The number of rotatable bonds is 6. The number of nitrogens with zero attached hydrogens (tertiary/aromatic N) is 2. The Hall–Kier alpha value is -3.61. The highest BCUT2D eigenvalue weighted by molar-refractivity contribution is 5.97. The summed E-state index contributed by atoms with van der Waals surface area (Å²) in [5, 5.41) is 4.00. The third-order valence-electron chi connectivity index (χ3n) is 4.55. The fraction of sp³-hybridized carbons (Fsp3) is 0.190. The van der Waals surface area contributed by atoms with Crippen LogP contribution in [0.1, 0.15) is 22.5 Å². The van der Waals surface area contributed by atoms with E-state index in [2.05, 4.69) is 10.1 Å². The standard InChI is InChI=1S/C21H19N3O4/c1-14-18(19(23-28-14)15-8-3-2-4-9-15)20(25)27-13-7-12-24-17-11-6-5-10-16(17)22-21(24)26/h2-6,8-11H,7,12-13H2,1H3,(H,22,26). The van der Waals surface area contributed by atoms with E-state index in [1.165, 1.54) is 0 Å². The lowest BCUT2D eigenvalue weighted by Gasteiger charge is -2.06. The van der Waals surface area contributed by atoms with Crippen LogP contribution in [0.2, 0.25) is 0 Å². The normalized spacial score (nSPS) is 11.0. The molecule has 7 heteroatoms. The molecule has 0 saturated carbocycles. The number of H-pyrrole nitrogens is 1. The zero-order chi connectivity index (χ0) is 19.5. The van der Waals surface area contributed by atoms with Crippen molar-refractivity contribution in [3.63, 3.8) is 0 Å². The molecule has 0 unspecified atom stereocenters. The molecular formula is C21H19N3O4. The Morgan fingerprint density at radius 1 is 1.14 bits per heavy atom. The second-order valence-electron chi connectivity index (χ2n) is 6.42. The average molecular weight is 377 g/mol. The number of para-hydroxylation sites is 2. The van der Waals surface area contributed by atoms with E-state index in [9.17, 15) is 9.59 Å². The van der Waals surface area contributed by atoms with Gasteiger partial charge < -0.3 is 14.2 Å². The Morgan fingerprint density at radius 2 is 1.89 bits per heavy atom. The molecule has 0 radical (unpaired) electrons. The predicted octanol–water partition coefficient (Wildman–Crippen LogP) is 3.54. The molecule has 2 aromatic carbocycles. The van der Waals surface area contributed by atoms with Crippen LogP contribution in [0.4, 0.5) is 0 Å². The number of carbonyl (C=O) groups is 1. The van der Waals surface area contributed by atoms with Gasteiger partial charge in [-0.15, -0.1) is 0 Å². The molecule has 4 rings (SSSR count). The van der Waals surface area contributed by atoms with Gasteiger partial charge >= 0.3 is 11.7 Å². The molecule has 0 aliphatic carbocycles. The van der Waals surface area contributed by atoms with Gasteiger partial charge in [0, 0.05) is 12.1 Å². The summed E-state index contributed by atoms with van der Waals surface area (Å²) in [6.07, 6.45) is 0.512. The largest absolute Gasteiger partial charge is 0.462 e. The van der Waals surface area contributed by atoms with E-state index in [4.69, 9.17) is 9.26 Å². The van der Waals surface area contributed by atoms with Gasteiger partial charge in [-0.25, -0.2) is 9.59 Å². The zero-order valence-corrected chi connectivity index (χ0v) is 15.3. The Labute approximate surface area is 160 Å². The summed E-state index contributed by atoms with van der Waals surface area (Å²) >= 11 is 0. The van der Waals surface area contributed by atoms with Crippen LogP contribution >= 0.6 is 0 Å². The number of nitrogens with one attached hydrogen (secondary N) is 1. The van der Waals surface area contributed by atoms with Crippen LogP contribution in [0.25, 0.3) is 22.3 Å². The summed E-state index contributed by atoms with van der Waals surface area (Å²) in [5.41, 5.74) is 3.04. The number of carbonyl (C=O) groups excluding carboxylic acids is 1. The molecule has 2 aromatic heterocycles. The van der Waals surface area contributed by atoms with Crippen molar-refractivity contribution in [3.05, 3.63) is 76.4 Å². The molecule has 0 aliphatic heterocycles. The molecule has 0 atom stereocenters. The monoisotopic (exact) mass is 377 g/mol. The zero-order valence-electron chi connectivity index (χ0n) is 15.3. The van der Waals surface area contributed by atoms with Gasteiger partial charge in [-0.2, -0.15) is 0 Å². The molecule has 0 amide bonds. The Kier molecular flexibility index (Phi) is 4.80. The van der Waals surface area contributed by atoms with Crippen LogP contribution in [0.5, 0.6) is 0 Å². The van der Waals surface area contributed by atoms with Crippen molar-refractivity contribution in [1.82, 2.24) is 14.7 Å². The minimum absolute atomic E-state index is 0.172. The highest BCUT2D eigenvalue weighted by Crippen LogP contribution is 2.25. The maximum atomic E-state index is 12.6. The van der Waals surface area contributed by atoms with Crippen molar-refractivity contribution in [1.29, 1.82) is 0 Å². The Morgan fingerprint density at radius 3 is 2.71 bits per heavy atom. The van der Waals surface area contributed by atoms with Gasteiger partial charge in [0.15, 0.2) is 0 Å². The van der Waals surface area contributed by atoms with Crippen LogP contribution in [-0.2, 0) is 11.3 Å². The number of fused-ring (bicyclic) bond motifs is 1. The van der Waals surface area contributed by atoms with Gasteiger partial charge in [-0.05, 0) is 25.5 Å². The highest BCUT2D eigenvalue weighted by Gasteiger charge is 2.22. The third-order valence-corrected chi connectivity index (χ3v) is 4.55. The van der Waals surface area contributed by atoms with Crippen molar-refractivity contribution in [2.75, 3.05) is 6.61 Å². The molecule has 0 aliphatic rings. The fourth-order valence-corrected chi connectivity index (χ4v) is 3.19. The molecule has 0 saturated heterocycles. The summed E-state index contributed by atoms with van der Waals surface area (Å²) < 4.78 is 12.3. The van der Waals surface area contributed by atoms with Crippen molar-refractivity contribution in [2.24, 2.45) is 0 Å². The lowest BCUT2D eigenvalue weighted by atomic mass is 10.1. The lowest BCUT2D eigenvalue weighted by Crippen LogP contribution is -2.18. The average Bonchev–Trinajstić information content (AvgIpc) is 3.25. The summed E-state index contributed by atoms with van der Waals surface area (Å²) in [4.78, 5) is 27.5. The van der Waals surface area contributed by atoms with Crippen LogP contribution < -0.4 is 5.69 Å². The first-order valence-corrected chi connectivity index (χ1v) is 9.01. The molecule has 0 spiro atoms. The van der Waals surface area contributed by atoms with E-state index in [1.54, 1.807) is 11.5 Å². The number of benzene rings is 2. The smallest absolute Gasteiger partial charge is 0.344 e. The van der Waals surface area contributed by atoms with Gasteiger partial charge in [-0.1, -0.05) is 47.6 Å². The van der Waals surface area contributed by atoms with Gasteiger partial charge in [0.1, 0.15) is 17.0 Å². The Bertz CT molecular complexity index is 1170.